The SMILES string of the molecule is O=C(c1cnn2ccccc12)N1CCc2[nH]cnc2[C@H]1c1nc2ccccc2[nH]1. The molecule has 0 saturated carbocycles. The standard InChI is InChI=1S/C21H17N7O/c29-21(13-11-24-28-9-4-3-7-17(13)28)27-10-8-16-18(23-12-22-16)19(27)20-25-14-5-1-2-6-15(14)26-20/h1-7,9,11-12,19H,8,10H2,(H,22,23)(H,25,26)/t19-/m0/s1. The Kier molecular flexibility index (Phi) is 3.34. The maximum absolute atomic E-state index is 13.6. The Bertz CT molecular complexity index is 1330. The van der Waals surface area contributed by atoms with E-state index in [-0.39, 0.29) is 11.9 Å². The molecule has 4 aromatic heterocycles. The largest absolute Gasteiger partial charge is 0.348 e. The number of carbonyl (C=O) groups excluding carboxylic acids is 1. The topological polar surface area (TPSA) is 95.0 Å². The summed E-state index contributed by atoms with van der Waals surface area (Å²) in [5.41, 5.74) is 5.04. The Hall–Kier alpha value is -3.94. The van der Waals surface area contributed by atoms with E-state index < -0.39 is 0 Å². The van der Waals surface area contributed by atoms with Gasteiger partial charge in [-0.25, -0.2) is 14.5 Å². The number of aromatic nitrogens is 6. The Labute approximate surface area is 165 Å². The molecule has 1 aliphatic rings. The van der Waals surface area contributed by atoms with Crippen molar-refractivity contribution < 1.29 is 4.79 Å². The number of carbonyl (C=O) groups is 1. The second kappa shape index (κ2) is 6.03. The van der Waals surface area contributed by atoms with Crippen molar-refractivity contribution in [3.8, 4) is 0 Å². The molecule has 8 nitrogen and oxygen atoms in total. The fourth-order valence-electron chi connectivity index (χ4n) is 4.13. The highest BCUT2D eigenvalue weighted by Gasteiger charge is 2.37. The van der Waals surface area contributed by atoms with Crippen molar-refractivity contribution in [1.29, 1.82) is 0 Å². The molecule has 142 valence electrons. The van der Waals surface area contributed by atoms with E-state index in [2.05, 4.69) is 20.1 Å². The molecule has 0 saturated heterocycles. The van der Waals surface area contributed by atoms with E-state index in [1.807, 2.05) is 53.6 Å². The number of para-hydroxylation sites is 2. The average molecular weight is 383 g/mol. The van der Waals surface area contributed by atoms with Crippen LogP contribution < -0.4 is 0 Å². The fraction of sp³-hybridized carbons (Fsp3) is 0.143. The highest BCUT2D eigenvalue weighted by atomic mass is 16.2. The number of rotatable bonds is 2. The van der Waals surface area contributed by atoms with Crippen molar-refractivity contribution in [2.45, 2.75) is 12.5 Å². The number of hydrogen-bond donors (Lipinski definition) is 2. The highest BCUT2D eigenvalue weighted by Crippen LogP contribution is 2.34. The zero-order chi connectivity index (χ0) is 19.4. The molecule has 6 rings (SSSR count). The van der Waals surface area contributed by atoms with Crippen molar-refractivity contribution in [1.82, 2.24) is 34.4 Å². The summed E-state index contributed by atoms with van der Waals surface area (Å²) >= 11 is 0. The van der Waals surface area contributed by atoms with Gasteiger partial charge in [0.05, 0.1) is 40.3 Å². The molecule has 5 heterocycles. The van der Waals surface area contributed by atoms with Crippen molar-refractivity contribution in [3.63, 3.8) is 0 Å². The van der Waals surface area contributed by atoms with E-state index in [4.69, 9.17) is 4.98 Å². The Morgan fingerprint density at radius 3 is 2.97 bits per heavy atom. The minimum Gasteiger partial charge on any atom is -0.348 e. The van der Waals surface area contributed by atoms with Gasteiger partial charge in [-0.3, -0.25) is 4.79 Å². The van der Waals surface area contributed by atoms with Crippen molar-refractivity contribution in [3.05, 3.63) is 84.0 Å². The predicted octanol–water partition coefficient (Wildman–Crippen LogP) is 2.72. The first-order valence-electron chi connectivity index (χ1n) is 9.50. The summed E-state index contributed by atoms with van der Waals surface area (Å²) in [7, 11) is 0. The summed E-state index contributed by atoms with van der Waals surface area (Å²) in [6.45, 7) is 0.569. The average Bonchev–Trinajstić information content (AvgIpc) is 3.49. The zero-order valence-corrected chi connectivity index (χ0v) is 15.4. The molecule has 1 aliphatic heterocycles. The molecule has 1 atom stereocenters. The number of fused-ring (bicyclic) bond motifs is 3. The summed E-state index contributed by atoms with van der Waals surface area (Å²) in [5.74, 6) is 0.634. The number of imidazole rings is 2. The Balaban J connectivity index is 1.49. The molecule has 8 heteroatoms. The first kappa shape index (κ1) is 16.1. The normalized spacial score (nSPS) is 16.4. The summed E-state index contributed by atoms with van der Waals surface area (Å²) in [6.07, 6.45) is 5.87. The van der Waals surface area contributed by atoms with Crippen LogP contribution >= 0.6 is 0 Å². The molecule has 1 aromatic carbocycles. The third kappa shape index (κ3) is 2.39. The summed E-state index contributed by atoms with van der Waals surface area (Å²) in [5, 5.41) is 4.33. The number of amides is 1. The van der Waals surface area contributed by atoms with Crippen LogP contribution in [0.1, 0.15) is 33.6 Å². The van der Waals surface area contributed by atoms with Crippen LogP contribution in [0.3, 0.4) is 0 Å². The second-order valence-electron chi connectivity index (χ2n) is 7.15. The summed E-state index contributed by atoms with van der Waals surface area (Å²) in [6, 6.07) is 13.2. The first-order valence-corrected chi connectivity index (χ1v) is 9.50. The molecule has 29 heavy (non-hydrogen) atoms. The molecule has 0 spiro atoms. The number of pyridine rings is 1. The molecular weight excluding hydrogens is 366 g/mol. The van der Waals surface area contributed by atoms with Crippen LogP contribution in [0.5, 0.6) is 0 Å². The molecule has 0 bridgehead atoms. The quantitative estimate of drug-likeness (QED) is 0.490. The van der Waals surface area contributed by atoms with Gasteiger partial charge in [0.1, 0.15) is 11.9 Å². The van der Waals surface area contributed by atoms with Crippen molar-refractivity contribution >= 4 is 22.5 Å². The summed E-state index contributed by atoms with van der Waals surface area (Å²) < 4.78 is 1.72. The number of H-pyrrole nitrogens is 2. The van der Waals surface area contributed by atoms with Crippen LogP contribution in [0.4, 0.5) is 0 Å². The predicted molar refractivity (Wildman–Crippen MR) is 106 cm³/mol. The van der Waals surface area contributed by atoms with Crippen molar-refractivity contribution in [2.24, 2.45) is 0 Å². The van der Waals surface area contributed by atoms with Gasteiger partial charge in [0, 0.05) is 24.9 Å². The van der Waals surface area contributed by atoms with Gasteiger partial charge >= 0.3 is 0 Å². The molecule has 0 radical (unpaired) electrons. The van der Waals surface area contributed by atoms with Gasteiger partial charge in [-0.2, -0.15) is 5.10 Å². The van der Waals surface area contributed by atoms with Crippen LogP contribution in [0, 0.1) is 0 Å². The minimum atomic E-state index is -0.386. The lowest BCUT2D eigenvalue weighted by Gasteiger charge is -2.33. The molecule has 0 aliphatic carbocycles. The number of nitrogens with zero attached hydrogens (tertiary/aromatic N) is 5. The number of benzene rings is 1. The molecule has 1 amide bonds. The summed E-state index contributed by atoms with van der Waals surface area (Å²) in [4.78, 5) is 31.3. The molecule has 0 fully saturated rings. The lowest BCUT2D eigenvalue weighted by atomic mass is 10.0. The minimum absolute atomic E-state index is 0.0784. The van der Waals surface area contributed by atoms with Gasteiger partial charge in [-0.1, -0.05) is 18.2 Å². The van der Waals surface area contributed by atoms with E-state index in [9.17, 15) is 4.79 Å². The van der Waals surface area contributed by atoms with Gasteiger partial charge in [0.25, 0.3) is 5.91 Å². The maximum Gasteiger partial charge on any atom is 0.258 e. The monoisotopic (exact) mass is 383 g/mol. The van der Waals surface area contributed by atoms with E-state index in [1.54, 1.807) is 17.0 Å². The van der Waals surface area contributed by atoms with Crippen LogP contribution in [0.25, 0.3) is 16.6 Å². The fourth-order valence-corrected chi connectivity index (χ4v) is 4.13. The van der Waals surface area contributed by atoms with Crippen LogP contribution in [0.15, 0.2) is 61.2 Å². The Morgan fingerprint density at radius 1 is 1.14 bits per heavy atom. The first-order chi connectivity index (χ1) is 14.3. The van der Waals surface area contributed by atoms with Gasteiger partial charge in [-0.05, 0) is 24.3 Å². The third-order valence-electron chi connectivity index (χ3n) is 5.51. The van der Waals surface area contributed by atoms with Gasteiger partial charge in [0.2, 0.25) is 0 Å². The second-order valence-corrected chi connectivity index (χ2v) is 7.15. The van der Waals surface area contributed by atoms with Crippen LogP contribution in [-0.2, 0) is 6.42 Å². The van der Waals surface area contributed by atoms with Gasteiger partial charge in [-0.15, -0.1) is 0 Å². The number of aromatic amines is 2. The van der Waals surface area contributed by atoms with Crippen molar-refractivity contribution in [2.75, 3.05) is 6.54 Å². The van der Waals surface area contributed by atoms with E-state index >= 15 is 0 Å². The number of hydrogen-bond acceptors (Lipinski definition) is 4. The Morgan fingerprint density at radius 2 is 2.03 bits per heavy atom. The third-order valence-corrected chi connectivity index (χ3v) is 5.51. The lowest BCUT2D eigenvalue weighted by molar-refractivity contribution is 0.0686. The molecule has 0 unspecified atom stereocenters. The van der Waals surface area contributed by atoms with Crippen LogP contribution in [-0.4, -0.2) is 46.9 Å². The zero-order valence-electron chi connectivity index (χ0n) is 15.4. The van der Waals surface area contributed by atoms with Gasteiger partial charge in [0.15, 0.2) is 0 Å². The van der Waals surface area contributed by atoms with Crippen LogP contribution in [0.2, 0.25) is 0 Å². The van der Waals surface area contributed by atoms with Gasteiger partial charge < -0.3 is 14.9 Å². The molecule has 2 N–H and O–H groups in total. The number of nitrogens with one attached hydrogen (secondary N) is 2. The molecule has 5 aromatic rings. The highest BCUT2D eigenvalue weighted by molar-refractivity contribution is 6.01. The lowest BCUT2D eigenvalue weighted by Crippen LogP contribution is -2.41. The van der Waals surface area contributed by atoms with E-state index in [0.29, 0.717) is 17.9 Å². The van der Waals surface area contributed by atoms with E-state index in [0.717, 1.165) is 34.4 Å². The smallest absolute Gasteiger partial charge is 0.258 e. The van der Waals surface area contributed by atoms with E-state index in [1.165, 1.54) is 0 Å². The maximum atomic E-state index is 13.6. The molecular formula is C21H17N7O.